The number of hydrogen-bond acceptors (Lipinski definition) is 2. The molecule has 0 radical (unpaired) electrons. The van der Waals surface area contributed by atoms with Gasteiger partial charge in [0.1, 0.15) is 0 Å². The van der Waals surface area contributed by atoms with Crippen LogP contribution in [0.2, 0.25) is 0 Å². The van der Waals surface area contributed by atoms with Crippen molar-refractivity contribution in [1.29, 1.82) is 0 Å². The minimum atomic E-state index is -0.579. The summed E-state index contributed by atoms with van der Waals surface area (Å²) in [6, 6.07) is 16.8. The summed E-state index contributed by atoms with van der Waals surface area (Å²) in [5.41, 5.74) is 8.90. The number of nitrogens with two attached hydrogens (primary N) is 1. The van der Waals surface area contributed by atoms with Gasteiger partial charge in [0.05, 0.1) is 6.04 Å². The number of aromatic nitrogens is 1. The molecule has 3 aromatic rings. The zero-order chi connectivity index (χ0) is 14.7. The molecule has 22 heavy (non-hydrogen) atoms. The maximum atomic E-state index is 12.1. The lowest BCUT2D eigenvalue weighted by molar-refractivity contribution is -0.117. The van der Waals surface area contributed by atoms with Gasteiger partial charge in [0, 0.05) is 22.8 Å². The molecule has 0 aliphatic rings. The first-order valence-electron chi connectivity index (χ1n) is 6.90. The number of rotatable bonds is 4. The van der Waals surface area contributed by atoms with Gasteiger partial charge >= 0.3 is 0 Å². The third-order valence-corrected chi connectivity index (χ3v) is 3.49. The fourth-order valence-electron chi connectivity index (χ4n) is 2.39. The Balaban J connectivity index is 0.00000176. The molecular weight excluding hydrogens is 298 g/mol. The van der Waals surface area contributed by atoms with Crippen molar-refractivity contribution in [2.45, 2.75) is 12.5 Å². The van der Waals surface area contributed by atoms with Gasteiger partial charge in [-0.2, -0.15) is 0 Å². The molecule has 0 fully saturated rings. The van der Waals surface area contributed by atoms with Gasteiger partial charge in [-0.1, -0.05) is 36.4 Å². The highest BCUT2D eigenvalue weighted by molar-refractivity contribution is 5.95. The van der Waals surface area contributed by atoms with Gasteiger partial charge in [-0.05, 0) is 30.2 Å². The monoisotopic (exact) mass is 315 g/mol. The molecular formula is C17H18ClN3O. The Morgan fingerprint density at radius 3 is 2.55 bits per heavy atom. The predicted molar refractivity (Wildman–Crippen MR) is 92.3 cm³/mol. The average Bonchev–Trinajstić information content (AvgIpc) is 2.91. The van der Waals surface area contributed by atoms with E-state index in [1.54, 1.807) is 0 Å². The van der Waals surface area contributed by atoms with Crippen LogP contribution >= 0.6 is 12.4 Å². The van der Waals surface area contributed by atoms with Gasteiger partial charge in [-0.15, -0.1) is 12.4 Å². The van der Waals surface area contributed by atoms with Crippen molar-refractivity contribution in [1.82, 2.24) is 4.98 Å². The second kappa shape index (κ2) is 7.11. The van der Waals surface area contributed by atoms with Crippen LogP contribution in [0, 0.1) is 0 Å². The van der Waals surface area contributed by atoms with E-state index in [4.69, 9.17) is 5.73 Å². The molecule has 3 rings (SSSR count). The van der Waals surface area contributed by atoms with Crippen LogP contribution in [0.25, 0.3) is 10.9 Å². The first-order valence-corrected chi connectivity index (χ1v) is 6.90. The molecule has 114 valence electrons. The Labute approximate surface area is 135 Å². The lowest BCUT2D eigenvalue weighted by Gasteiger charge is -2.11. The minimum Gasteiger partial charge on any atom is -0.361 e. The molecule has 1 aromatic heterocycles. The first-order chi connectivity index (χ1) is 10.2. The van der Waals surface area contributed by atoms with Crippen LogP contribution < -0.4 is 11.1 Å². The van der Waals surface area contributed by atoms with Crippen molar-refractivity contribution >= 4 is 34.9 Å². The van der Waals surface area contributed by atoms with E-state index in [1.165, 1.54) is 0 Å². The first kappa shape index (κ1) is 16.1. The molecule has 1 atom stereocenters. The summed E-state index contributed by atoms with van der Waals surface area (Å²) in [5.74, 6) is -0.175. The number of carbonyl (C=O) groups is 1. The summed E-state index contributed by atoms with van der Waals surface area (Å²) in [4.78, 5) is 15.3. The van der Waals surface area contributed by atoms with Gasteiger partial charge in [0.25, 0.3) is 0 Å². The van der Waals surface area contributed by atoms with Crippen molar-refractivity contribution in [3.63, 3.8) is 0 Å². The summed E-state index contributed by atoms with van der Waals surface area (Å²) in [6.45, 7) is 0. The normalized spacial score (nSPS) is 11.7. The number of anilines is 1. The number of H-pyrrole nitrogens is 1. The molecule has 0 spiro atoms. The summed E-state index contributed by atoms with van der Waals surface area (Å²) in [6.07, 6.45) is 2.42. The number of nitrogens with one attached hydrogen (secondary N) is 2. The number of fused-ring (bicyclic) bond motifs is 1. The number of halogens is 1. The van der Waals surface area contributed by atoms with E-state index < -0.39 is 6.04 Å². The standard InChI is InChI=1S/C17H17N3O.ClH/c18-15(17(21)20-13-6-2-1-3-7-13)10-12-11-19-16-9-5-4-8-14(12)16;/h1-9,11,15,19H,10,18H2,(H,20,21);1H/t15-;/m0./s1. The molecule has 4 nitrogen and oxygen atoms in total. The zero-order valence-electron chi connectivity index (χ0n) is 12.0. The second-order valence-corrected chi connectivity index (χ2v) is 5.03. The Morgan fingerprint density at radius 1 is 1.09 bits per heavy atom. The minimum absolute atomic E-state index is 0. The number of benzene rings is 2. The van der Waals surface area contributed by atoms with Crippen molar-refractivity contribution in [3.05, 3.63) is 66.4 Å². The molecule has 1 heterocycles. The molecule has 0 aliphatic carbocycles. The third kappa shape index (κ3) is 3.47. The third-order valence-electron chi connectivity index (χ3n) is 3.49. The Kier molecular flexibility index (Phi) is 5.20. The van der Waals surface area contributed by atoms with Gasteiger partial charge < -0.3 is 16.0 Å². The molecule has 0 saturated carbocycles. The lowest BCUT2D eigenvalue weighted by atomic mass is 10.1. The van der Waals surface area contributed by atoms with E-state index in [-0.39, 0.29) is 18.3 Å². The maximum Gasteiger partial charge on any atom is 0.241 e. The molecule has 1 amide bonds. The fourth-order valence-corrected chi connectivity index (χ4v) is 2.39. The predicted octanol–water partition coefficient (Wildman–Crippen LogP) is 3.10. The van der Waals surface area contributed by atoms with Crippen LogP contribution in [0.1, 0.15) is 5.56 Å². The molecule has 0 unspecified atom stereocenters. The Hall–Kier alpha value is -2.30. The van der Waals surface area contributed by atoms with E-state index in [0.717, 1.165) is 22.2 Å². The van der Waals surface area contributed by atoms with Crippen molar-refractivity contribution in [2.24, 2.45) is 5.73 Å². The van der Waals surface area contributed by atoms with Crippen molar-refractivity contribution < 1.29 is 4.79 Å². The smallest absolute Gasteiger partial charge is 0.241 e. The van der Waals surface area contributed by atoms with Gasteiger partial charge in [0.15, 0.2) is 0 Å². The molecule has 0 saturated heterocycles. The summed E-state index contributed by atoms with van der Waals surface area (Å²) < 4.78 is 0. The highest BCUT2D eigenvalue weighted by atomic mass is 35.5. The largest absolute Gasteiger partial charge is 0.361 e. The van der Waals surface area contributed by atoms with Gasteiger partial charge in [-0.25, -0.2) is 0 Å². The number of aromatic amines is 1. The zero-order valence-corrected chi connectivity index (χ0v) is 12.8. The highest BCUT2D eigenvalue weighted by Gasteiger charge is 2.16. The number of para-hydroxylation sites is 2. The van der Waals surface area contributed by atoms with Gasteiger partial charge in [0.2, 0.25) is 5.91 Å². The maximum absolute atomic E-state index is 12.1. The number of amides is 1. The molecule has 0 bridgehead atoms. The highest BCUT2D eigenvalue weighted by Crippen LogP contribution is 2.19. The summed E-state index contributed by atoms with van der Waals surface area (Å²) in [5, 5.41) is 3.94. The second-order valence-electron chi connectivity index (χ2n) is 5.03. The van der Waals surface area contributed by atoms with Crippen LogP contribution in [0.15, 0.2) is 60.8 Å². The van der Waals surface area contributed by atoms with Crippen molar-refractivity contribution in [2.75, 3.05) is 5.32 Å². The van der Waals surface area contributed by atoms with E-state index in [1.807, 2.05) is 60.8 Å². The van der Waals surface area contributed by atoms with Crippen LogP contribution in [0.3, 0.4) is 0 Å². The molecule has 5 heteroatoms. The summed E-state index contributed by atoms with van der Waals surface area (Å²) in [7, 11) is 0. The molecule has 0 aliphatic heterocycles. The Bertz CT molecular complexity index is 755. The topological polar surface area (TPSA) is 70.9 Å². The van der Waals surface area contributed by atoms with Crippen molar-refractivity contribution in [3.8, 4) is 0 Å². The summed E-state index contributed by atoms with van der Waals surface area (Å²) >= 11 is 0. The van der Waals surface area contributed by atoms with Crippen LogP contribution in [0.5, 0.6) is 0 Å². The number of hydrogen-bond donors (Lipinski definition) is 3. The van der Waals surface area contributed by atoms with Gasteiger partial charge in [-0.3, -0.25) is 4.79 Å². The Morgan fingerprint density at radius 2 is 1.77 bits per heavy atom. The van der Waals surface area contributed by atoms with Crippen LogP contribution in [0.4, 0.5) is 5.69 Å². The van der Waals surface area contributed by atoms with Crippen LogP contribution in [-0.2, 0) is 11.2 Å². The van der Waals surface area contributed by atoms with E-state index in [9.17, 15) is 4.79 Å². The van der Waals surface area contributed by atoms with E-state index in [0.29, 0.717) is 6.42 Å². The molecule has 2 aromatic carbocycles. The SMILES string of the molecule is Cl.N[C@@H](Cc1c[nH]c2ccccc12)C(=O)Nc1ccccc1. The van der Waals surface area contributed by atoms with E-state index >= 15 is 0 Å². The van der Waals surface area contributed by atoms with Crippen LogP contribution in [-0.4, -0.2) is 16.9 Å². The lowest BCUT2D eigenvalue weighted by Crippen LogP contribution is -2.37. The quantitative estimate of drug-likeness (QED) is 0.692. The van der Waals surface area contributed by atoms with E-state index in [2.05, 4.69) is 10.3 Å². The fraction of sp³-hybridized carbons (Fsp3) is 0.118. The average molecular weight is 316 g/mol. The molecule has 4 N–H and O–H groups in total. The number of carbonyl (C=O) groups excluding carboxylic acids is 1.